The number of hydrogen-bond donors (Lipinski definition) is 1. The molecule has 0 radical (unpaired) electrons. The van der Waals surface area contributed by atoms with E-state index in [4.69, 9.17) is 14.6 Å². The minimum absolute atomic E-state index is 0.0781. The summed E-state index contributed by atoms with van der Waals surface area (Å²) in [5.41, 5.74) is 3.37. The third-order valence-corrected chi connectivity index (χ3v) is 3.78. The molecule has 3 heteroatoms. The topological polar surface area (TPSA) is 38.7 Å². The van der Waals surface area contributed by atoms with Gasteiger partial charge in [-0.2, -0.15) is 0 Å². The van der Waals surface area contributed by atoms with E-state index >= 15 is 0 Å². The lowest BCUT2D eigenvalue weighted by Crippen LogP contribution is -2.22. The second-order valence-electron chi connectivity index (χ2n) is 6.55. The summed E-state index contributed by atoms with van der Waals surface area (Å²) in [5, 5.41) is 8.91. The molecule has 1 fully saturated rings. The molecular formula is C18H30O3. The lowest BCUT2D eigenvalue weighted by Gasteiger charge is -2.19. The fourth-order valence-electron chi connectivity index (χ4n) is 2.64. The van der Waals surface area contributed by atoms with E-state index in [-0.39, 0.29) is 12.7 Å². The molecule has 2 atom stereocenters. The summed E-state index contributed by atoms with van der Waals surface area (Å²) < 4.78 is 11.4. The van der Waals surface area contributed by atoms with Crippen molar-refractivity contribution in [1.82, 2.24) is 0 Å². The van der Waals surface area contributed by atoms with Crippen molar-refractivity contribution >= 4 is 0 Å². The van der Waals surface area contributed by atoms with E-state index < -0.39 is 5.79 Å². The summed E-state index contributed by atoms with van der Waals surface area (Å²) in [7, 11) is 0. The van der Waals surface area contributed by atoms with E-state index in [1.54, 1.807) is 0 Å². The molecule has 0 amide bonds. The number of aliphatic hydroxyl groups is 1. The molecule has 120 valence electrons. The van der Waals surface area contributed by atoms with Crippen LogP contribution in [-0.2, 0) is 9.47 Å². The maximum Gasteiger partial charge on any atom is 0.163 e. The first-order chi connectivity index (χ1) is 9.73. The molecule has 0 unspecified atom stereocenters. The van der Waals surface area contributed by atoms with Gasteiger partial charge in [0, 0.05) is 0 Å². The second-order valence-corrected chi connectivity index (χ2v) is 6.55. The number of aliphatic hydroxyl groups excluding tert-OH is 1. The minimum atomic E-state index is -0.440. The van der Waals surface area contributed by atoms with Gasteiger partial charge < -0.3 is 14.6 Å². The van der Waals surface area contributed by atoms with E-state index in [9.17, 15) is 0 Å². The van der Waals surface area contributed by atoms with Crippen LogP contribution in [0, 0.1) is 5.92 Å². The zero-order valence-corrected chi connectivity index (χ0v) is 14.1. The summed E-state index contributed by atoms with van der Waals surface area (Å²) in [4.78, 5) is 0. The van der Waals surface area contributed by atoms with Crippen LogP contribution in [0.3, 0.4) is 0 Å². The third kappa shape index (κ3) is 6.60. The van der Waals surface area contributed by atoms with E-state index in [0.29, 0.717) is 12.5 Å². The Hall–Kier alpha value is -0.900. The van der Waals surface area contributed by atoms with Gasteiger partial charge in [0.25, 0.3) is 0 Å². The Morgan fingerprint density at radius 1 is 1.38 bits per heavy atom. The van der Waals surface area contributed by atoms with Crippen LogP contribution >= 0.6 is 0 Å². The van der Waals surface area contributed by atoms with Crippen LogP contribution in [0.5, 0.6) is 0 Å². The number of hydrogen-bond acceptors (Lipinski definition) is 3. The van der Waals surface area contributed by atoms with Crippen LogP contribution < -0.4 is 0 Å². The molecule has 1 rings (SSSR count). The highest BCUT2D eigenvalue weighted by Gasteiger charge is 2.33. The Bertz CT molecular complexity index is 418. The molecule has 0 bridgehead atoms. The smallest absolute Gasteiger partial charge is 0.163 e. The van der Waals surface area contributed by atoms with Gasteiger partial charge in [-0.05, 0) is 57.6 Å². The van der Waals surface area contributed by atoms with E-state index in [1.165, 1.54) is 0 Å². The molecule has 3 nitrogen and oxygen atoms in total. The predicted molar refractivity (Wildman–Crippen MR) is 87.0 cm³/mol. The molecule has 1 aliphatic heterocycles. The number of rotatable bonds is 7. The van der Waals surface area contributed by atoms with Crippen molar-refractivity contribution < 1.29 is 14.6 Å². The highest BCUT2D eigenvalue weighted by Crippen LogP contribution is 2.28. The fraction of sp³-hybridized carbons (Fsp3) is 0.667. The van der Waals surface area contributed by atoms with Gasteiger partial charge in [-0.1, -0.05) is 31.2 Å². The van der Waals surface area contributed by atoms with Gasteiger partial charge in [-0.15, -0.1) is 0 Å². The van der Waals surface area contributed by atoms with Crippen molar-refractivity contribution in [3.8, 4) is 0 Å². The van der Waals surface area contributed by atoms with Crippen LogP contribution in [0.2, 0.25) is 0 Å². The van der Waals surface area contributed by atoms with Crippen molar-refractivity contribution in [2.45, 2.75) is 59.4 Å². The first-order valence-corrected chi connectivity index (χ1v) is 7.69. The maximum absolute atomic E-state index is 8.91. The van der Waals surface area contributed by atoms with E-state index in [1.807, 2.05) is 33.8 Å². The Balaban J connectivity index is 2.44. The zero-order chi connectivity index (χ0) is 16.0. The van der Waals surface area contributed by atoms with E-state index in [0.717, 1.165) is 29.6 Å². The van der Waals surface area contributed by atoms with E-state index in [2.05, 4.69) is 19.6 Å². The summed E-state index contributed by atoms with van der Waals surface area (Å²) in [6, 6.07) is 0. The van der Waals surface area contributed by atoms with Gasteiger partial charge in [0.1, 0.15) is 0 Å². The monoisotopic (exact) mass is 294 g/mol. The zero-order valence-electron chi connectivity index (χ0n) is 14.1. The molecule has 1 heterocycles. The highest BCUT2D eigenvalue weighted by atomic mass is 16.7. The molecule has 1 saturated heterocycles. The third-order valence-electron chi connectivity index (χ3n) is 3.78. The lowest BCUT2D eigenvalue weighted by atomic mass is 9.94. The average molecular weight is 294 g/mol. The Morgan fingerprint density at radius 2 is 2.05 bits per heavy atom. The fourth-order valence-corrected chi connectivity index (χ4v) is 2.64. The average Bonchev–Trinajstić information content (AvgIpc) is 2.68. The van der Waals surface area contributed by atoms with Gasteiger partial charge in [-0.3, -0.25) is 0 Å². The molecule has 1 N–H and O–H groups in total. The quantitative estimate of drug-likeness (QED) is 0.721. The standard InChI is InChI=1S/C18H30O3/c1-13(10-16(4)15(3)7-8-19)9-14(2)11-17-12-20-18(5,6)21-17/h7,10,14,17,19H,1,8-9,11-12H2,2-6H3/b15-7-,16-10+/t14-,17-/m1/s1. The van der Waals surface area contributed by atoms with Gasteiger partial charge in [0.2, 0.25) is 0 Å². The van der Waals surface area contributed by atoms with Crippen LogP contribution in [0.15, 0.2) is 35.5 Å². The predicted octanol–water partition coefficient (Wildman–Crippen LogP) is 4.00. The first-order valence-electron chi connectivity index (χ1n) is 7.69. The van der Waals surface area contributed by atoms with Gasteiger partial charge in [0.05, 0.1) is 19.3 Å². The van der Waals surface area contributed by atoms with Crippen LogP contribution in [0.1, 0.15) is 47.5 Å². The summed E-state index contributed by atoms with van der Waals surface area (Å²) >= 11 is 0. The molecule has 0 aromatic rings. The molecule has 21 heavy (non-hydrogen) atoms. The van der Waals surface area contributed by atoms with Gasteiger partial charge >= 0.3 is 0 Å². The first kappa shape index (κ1) is 18.1. The number of allylic oxidation sites excluding steroid dienone is 4. The van der Waals surface area contributed by atoms with Gasteiger partial charge in [0.15, 0.2) is 5.79 Å². The Kier molecular flexibility index (Phi) is 6.85. The number of ether oxygens (including phenoxy) is 2. The van der Waals surface area contributed by atoms with Crippen molar-refractivity contribution in [2.24, 2.45) is 5.92 Å². The SMILES string of the molecule is C=C(/C=C(C)/C(C)=C\CO)C[C@@H](C)C[C@@H]1COC(C)(C)O1. The maximum atomic E-state index is 8.91. The Labute approximate surface area is 129 Å². The largest absolute Gasteiger partial charge is 0.392 e. The van der Waals surface area contributed by atoms with Gasteiger partial charge in [-0.25, -0.2) is 0 Å². The molecule has 0 aromatic carbocycles. The van der Waals surface area contributed by atoms with Crippen LogP contribution in [-0.4, -0.2) is 30.2 Å². The van der Waals surface area contributed by atoms with Crippen molar-refractivity contribution in [3.63, 3.8) is 0 Å². The van der Waals surface area contributed by atoms with Crippen LogP contribution in [0.25, 0.3) is 0 Å². The molecule has 0 saturated carbocycles. The van der Waals surface area contributed by atoms with Crippen LogP contribution in [0.4, 0.5) is 0 Å². The minimum Gasteiger partial charge on any atom is -0.392 e. The molecular weight excluding hydrogens is 264 g/mol. The molecule has 1 aliphatic rings. The highest BCUT2D eigenvalue weighted by molar-refractivity contribution is 5.33. The van der Waals surface area contributed by atoms with Crippen molar-refractivity contribution in [1.29, 1.82) is 0 Å². The normalized spacial score (nSPS) is 24.2. The van der Waals surface area contributed by atoms with Crippen molar-refractivity contribution in [2.75, 3.05) is 13.2 Å². The molecule has 0 aliphatic carbocycles. The summed E-state index contributed by atoms with van der Waals surface area (Å²) in [6.45, 7) is 15.1. The summed E-state index contributed by atoms with van der Waals surface area (Å²) in [6.07, 6.45) is 6.04. The van der Waals surface area contributed by atoms with Crippen molar-refractivity contribution in [3.05, 3.63) is 35.5 Å². The summed E-state index contributed by atoms with van der Waals surface area (Å²) in [5.74, 6) is 0.0653. The molecule has 0 spiro atoms. The second kappa shape index (κ2) is 7.92. The lowest BCUT2D eigenvalue weighted by molar-refractivity contribution is -0.139. The Morgan fingerprint density at radius 3 is 2.57 bits per heavy atom. The molecule has 0 aromatic heterocycles.